The van der Waals surface area contributed by atoms with E-state index in [1.807, 2.05) is 4.90 Å². The minimum absolute atomic E-state index is 0.0135. The van der Waals surface area contributed by atoms with E-state index in [4.69, 9.17) is 0 Å². The Kier molecular flexibility index (Phi) is 4.52. The second-order valence-electron chi connectivity index (χ2n) is 7.13. The van der Waals surface area contributed by atoms with Crippen LogP contribution in [0, 0.1) is 0 Å². The van der Waals surface area contributed by atoms with Crippen molar-refractivity contribution in [3.05, 3.63) is 0 Å². The van der Waals surface area contributed by atoms with Gasteiger partial charge in [0.15, 0.2) is 0 Å². The van der Waals surface area contributed by atoms with Crippen LogP contribution in [0.5, 0.6) is 0 Å². The maximum absolute atomic E-state index is 12.5. The number of hydrogen-bond acceptors (Lipinski definition) is 4. The van der Waals surface area contributed by atoms with E-state index in [0.717, 1.165) is 45.6 Å². The molecule has 3 aliphatic rings. The van der Waals surface area contributed by atoms with Gasteiger partial charge >= 0.3 is 0 Å². The molecule has 0 aromatic carbocycles. The highest BCUT2D eigenvalue weighted by atomic mass is 16.3. The molecule has 3 rings (SSSR count). The summed E-state index contributed by atoms with van der Waals surface area (Å²) < 4.78 is 0. The van der Waals surface area contributed by atoms with Gasteiger partial charge in [0.05, 0.1) is 0 Å². The van der Waals surface area contributed by atoms with Crippen LogP contribution in [-0.2, 0) is 4.79 Å². The van der Waals surface area contributed by atoms with Gasteiger partial charge < -0.3 is 14.9 Å². The van der Waals surface area contributed by atoms with E-state index in [0.29, 0.717) is 18.9 Å². The van der Waals surface area contributed by atoms with Gasteiger partial charge in [-0.2, -0.15) is 0 Å². The number of piperidine rings is 1. The lowest BCUT2D eigenvalue weighted by atomic mass is 9.99. The number of piperazine rings is 1. The fourth-order valence-electron chi connectivity index (χ4n) is 4.20. The molecule has 3 fully saturated rings. The summed E-state index contributed by atoms with van der Waals surface area (Å²) in [5.41, 5.74) is -1.05. The molecule has 0 bridgehead atoms. The van der Waals surface area contributed by atoms with Gasteiger partial charge in [0.1, 0.15) is 5.60 Å². The second kappa shape index (κ2) is 6.23. The van der Waals surface area contributed by atoms with Crippen molar-refractivity contribution < 1.29 is 9.90 Å². The predicted molar refractivity (Wildman–Crippen MR) is 82.1 cm³/mol. The Morgan fingerprint density at radius 3 is 2.33 bits per heavy atom. The first-order chi connectivity index (χ1) is 10.1. The third kappa shape index (κ3) is 3.25. The molecule has 2 aliphatic heterocycles. The highest BCUT2D eigenvalue weighted by Crippen LogP contribution is 2.31. The second-order valence-corrected chi connectivity index (χ2v) is 7.13. The summed E-state index contributed by atoms with van der Waals surface area (Å²) in [5, 5.41) is 10.4. The molecule has 120 valence electrons. The van der Waals surface area contributed by atoms with Crippen LogP contribution < -0.4 is 0 Å². The summed E-state index contributed by atoms with van der Waals surface area (Å²) >= 11 is 0. The number of nitrogens with zero attached hydrogens (tertiary/aromatic N) is 3. The van der Waals surface area contributed by atoms with Crippen LogP contribution in [-0.4, -0.2) is 83.7 Å². The Morgan fingerprint density at radius 1 is 1.05 bits per heavy atom. The first-order valence-electron chi connectivity index (χ1n) is 8.53. The number of carbonyl (C=O) groups excluding carboxylic acids is 1. The van der Waals surface area contributed by atoms with Crippen LogP contribution in [0.15, 0.2) is 0 Å². The molecule has 0 radical (unpaired) electrons. The molecule has 0 aromatic heterocycles. The maximum Gasteiger partial charge on any atom is 0.254 e. The van der Waals surface area contributed by atoms with Gasteiger partial charge in [-0.1, -0.05) is 0 Å². The molecule has 0 spiro atoms. The lowest BCUT2D eigenvalue weighted by Gasteiger charge is -2.43. The highest BCUT2D eigenvalue weighted by molar-refractivity contribution is 5.85. The molecule has 1 aliphatic carbocycles. The zero-order valence-electron chi connectivity index (χ0n) is 13.3. The highest BCUT2D eigenvalue weighted by Gasteiger charge is 2.42. The van der Waals surface area contributed by atoms with E-state index < -0.39 is 5.60 Å². The van der Waals surface area contributed by atoms with Gasteiger partial charge in [-0.3, -0.25) is 9.69 Å². The topological polar surface area (TPSA) is 47.0 Å². The van der Waals surface area contributed by atoms with E-state index in [1.54, 1.807) is 0 Å². The van der Waals surface area contributed by atoms with Crippen LogP contribution >= 0.6 is 0 Å². The Balaban J connectivity index is 1.51. The maximum atomic E-state index is 12.5. The first-order valence-corrected chi connectivity index (χ1v) is 8.53. The van der Waals surface area contributed by atoms with Crippen LogP contribution in [0.4, 0.5) is 0 Å². The van der Waals surface area contributed by atoms with E-state index in [2.05, 4.69) is 16.8 Å². The monoisotopic (exact) mass is 295 g/mol. The van der Waals surface area contributed by atoms with Crippen molar-refractivity contribution in [3.8, 4) is 0 Å². The molecule has 2 heterocycles. The normalized spacial score (nSPS) is 31.5. The van der Waals surface area contributed by atoms with Crippen LogP contribution in [0.1, 0.15) is 38.5 Å². The van der Waals surface area contributed by atoms with E-state index in [9.17, 15) is 9.90 Å². The molecule has 0 aromatic rings. The Bertz CT molecular complexity index is 374. The Hall–Kier alpha value is -0.650. The minimum Gasteiger partial charge on any atom is -0.380 e. The van der Waals surface area contributed by atoms with Crippen LogP contribution in [0.3, 0.4) is 0 Å². The molecule has 1 unspecified atom stereocenters. The zero-order chi connectivity index (χ0) is 14.9. The molecule has 1 atom stereocenters. The molecule has 21 heavy (non-hydrogen) atoms. The molecule has 5 nitrogen and oxygen atoms in total. The van der Waals surface area contributed by atoms with Crippen molar-refractivity contribution in [2.75, 3.05) is 46.3 Å². The van der Waals surface area contributed by atoms with E-state index in [-0.39, 0.29) is 5.91 Å². The summed E-state index contributed by atoms with van der Waals surface area (Å²) in [5.74, 6) is -0.0135. The number of rotatable bonds is 2. The largest absolute Gasteiger partial charge is 0.380 e. The third-order valence-electron chi connectivity index (χ3n) is 5.55. The number of likely N-dealkylation sites (N-methyl/N-ethyl adjacent to an activating group) is 1. The predicted octanol–water partition coefficient (Wildman–Crippen LogP) is 0.530. The molecule has 1 N–H and O–H groups in total. The van der Waals surface area contributed by atoms with E-state index in [1.165, 1.54) is 19.4 Å². The summed E-state index contributed by atoms with van der Waals surface area (Å²) in [6, 6.07) is 0.649. The van der Waals surface area contributed by atoms with Gasteiger partial charge in [0, 0.05) is 38.8 Å². The zero-order valence-corrected chi connectivity index (χ0v) is 13.3. The van der Waals surface area contributed by atoms with Gasteiger partial charge in [0.2, 0.25) is 0 Å². The number of carbonyl (C=O) groups is 1. The summed E-state index contributed by atoms with van der Waals surface area (Å²) in [7, 11) is 2.20. The molecule has 2 saturated heterocycles. The number of hydrogen-bond donors (Lipinski definition) is 1. The van der Waals surface area contributed by atoms with Crippen LogP contribution in [0.2, 0.25) is 0 Å². The molecular weight excluding hydrogens is 266 g/mol. The van der Waals surface area contributed by atoms with Gasteiger partial charge in [-0.25, -0.2) is 0 Å². The molecular formula is C16H29N3O2. The lowest BCUT2D eigenvalue weighted by Crippen LogP contribution is -2.58. The van der Waals surface area contributed by atoms with Crippen molar-refractivity contribution in [2.24, 2.45) is 0 Å². The minimum atomic E-state index is -1.05. The first kappa shape index (κ1) is 15.3. The molecule has 5 heteroatoms. The van der Waals surface area contributed by atoms with Crippen molar-refractivity contribution in [1.82, 2.24) is 14.7 Å². The number of aliphatic hydroxyl groups is 1. The smallest absolute Gasteiger partial charge is 0.254 e. The average molecular weight is 295 g/mol. The number of likely N-dealkylation sites (tertiary alicyclic amines) is 1. The lowest BCUT2D eigenvalue weighted by molar-refractivity contribution is -0.153. The van der Waals surface area contributed by atoms with Crippen LogP contribution in [0.25, 0.3) is 0 Å². The fourth-order valence-corrected chi connectivity index (χ4v) is 4.20. The SMILES string of the molecule is CN1CCCC(N2CCN(C(=O)C3(O)CCCC3)CC2)C1. The Labute approximate surface area is 127 Å². The van der Waals surface area contributed by atoms with E-state index >= 15 is 0 Å². The number of amides is 1. The fraction of sp³-hybridized carbons (Fsp3) is 0.938. The van der Waals surface area contributed by atoms with Crippen molar-refractivity contribution >= 4 is 5.91 Å². The average Bonchev–Trinajstić information content (AvgIpc) is 2.95. The summed E-state index contributed by atoms with van der Waals surface area (Å²) in [6.07, 6.45) is 5.83. The standard InChI is InChI=1S/C16H29N3O2/c1-17-8-4-5-14(13-17)18-9-11-19(12-10-18)15(20)16(21)6-2-3-7-16/h14,21H,2-13H2,1H3. The van der Waals surface area contributed by atoms with Gasteiger partial charge in [-0.05, 0) is 52.1 Å². The quantitative estimate of drug-likeness (QED) is 0.807. The summed E-state index contributed by atoms with van der Waals surface area (Å²) in [4.78, 5) is 19.4. The van der Waals surface area contributed by atoms with Gasteiger partial charge in [0.25, 0.3) is 5.91 Å². The van der Waals surface area contributed by atoms with Crippen molar-refractivity contribution in [2.45, 2.75) is 50.2 Å². The summed E-state index contributed by atoms with van der Waals surface area (Å²) in [6.45, 7) is 5.84. The molecule has 1 saturated carbocycles. The van der Waals surface area contributed by atoms with Gasteiger partial charge in [-0.15, -0.1) is 0 Å². The Morgan fingerprint density at radius 2 is 1.71 bits per heavy atom. The molecule has 1 amide bonds. The third-order valence-corrected chi connectivity index (χ3v) is 5.55. The van der Waals surface area contributed by atoms with Crippen molar-refractivity contribution in [3.63, 3.8) is 0 Å². The van der Waals surface area contributed by atoms with Crippen molar-refractivity contribution in [1.29, 1.82) is 0 Å².